The fraction of sp³-hybridized carbons (Fsp3) is 0.385. The van der Waals surface area contributed by atoms with Gasteiger partial charge in [0.2, 0.25) is 17.8 Å². The molecule has 7 nitrogen and oxygen atoms in total. The van der Waals surface area contributed by atoms with Crippen molar-refractivity contribution in [2.24, 2.45) is 5.10 Å². The number of hydrogen-bond donors (Lipinski definition) is 1. The van der Waals surface area contributed by atoms with E-state index >= 15 is 0 Å². The van der Waals surface area contributed by atoms with Crippen LogP contribution in [0.15, 0.2) is 59.7 Å². The van der Waals surface area contributed by atoms with Gasteiger partial charge in [0.25, 0.3) is 0 Å². The molecule has 2 aliphatic rings. The van der Waals surface area contributed by atoms with Gasteiger partial charge in [-0.1, -0.05) is 61.7 Å². The summed E-state index contributed by atoms with van der Waals surface area (Å²) in [7, 11) is 0. The fourth-order valence-electron chi connectivity index (χ4n) is 4.85. The van der Waals surface area contributed by atoms with Crippen LogP contribution in [-0.2, 0) is 9.59 Å². The molecule has 1 N–H and O–H groups in total. The molecule has 0 spiro atoms. The van der Waals surface area contributed by atoms with Crippen molar-refractivity contribution < 1.29 is 9.59 Å². The van der Waals surface area contributed by atoms with E-state index in [-0.39, 0.29) is 24.7 Å². The second-order valence-electron chi connectivity index (χ2n) is 8.81. The molecular weight excluding hydrogens is 414 g/mol. The molecule has 2 heterocycles. The number of nitrogens with zero attached hydrogens (tertiary/aromatic N) is 4. The highest BCUT2D eigenvalue weighted by Gasteiger charge is 2.24. The normalized spacial score (nSPS) is 16.7. The number of hydrogen-bond acceptors (Lipinski definition) is 4. The molecule has 5 rings (SSSR count). The van der Waals surface area contributed by atoms with Gasteiger partial charge in [-0.25, -0.2) is 9.99 Å². The van der Waals surface area contributed by atoms with E-state index < -0.39 is 0 Å². The number of amides is 2. The number of benzene rings is 2. The first-order chi connectivity index (χ1) is 16.2. The van der Waals surface area contributed by atoms with Crippen LogP contribution in [0.5, 0.6) is 0 Å². The topological polar surface area (TPSA) is 79.6 Å². The minimum absolute atomic E-state index is 0.111. The van der Waals surface area contributed by atoms with Crippen LogP contribution < -0.4 is 5.32 Å². The van der Waals surface area contributed by atoms with Crippen molar-refractivity contribution in [1.82, 2.24) is 14.6 Å². The third-order valence-corrected chi connectivity index (χ3v) is 6.55. The van der Waals surface area contributed by atoms with Crippen LogP contribution in [0.4, 0.5) is 5.95 Å². The summed E-state index contributed by atoms with van der Waals surface area (Å²) >= 11 is 0. The van der Waals surface area contributed by atoms with Gasteiger partial charge >= 0.3 is 0 Å². The Morgan fingerprint density at radius 2 is 1.70 bits per heavy atom. The van der Waals surface area contributed by atoms with E-state index in [1.54, 1.807) is 0 Å². The van der Waals surface area contributed by atoms with Gasteiger partial charge in [0, 0.05) is 25.3 Å². The second kappa shape index (κ2) is 9.57. The summed E-state index contributed by atoms with van der Waals surface area (Å²) in [6.07, 6.45) is 6.81. The van der Waals surface area contributed by atoms with Crippen molar-refractivity contribution in [3.63, 3.8) is 0 Å². The van der Waals surface area contributed by atoms with Crippen LogP contribution in [0.2, 0.25) is 0 Å². The molecule has 0 saturated heterocycles. The lowest BCUT2D eigenvalue weighted by atomic mass is 9.95. The average Bonchev–Trinajstić information content (AvgIpc) is 3.49. The van der Waals surface area contributed by atoms with Crippen molar-refractivity contribution in [2.45, 2.75) is 57.4 Å². The molecule has 1 aromatic heterocycles. The quantitative estimate of drug-likeness (QED) is 0.589. The molecule has 0 bridgehead atoms. The molecule has 0 radical (unpaired) electrons. The number of imidazole rings is 1. The predicted octanol–water partition coefficient (Wildman–Crippen LogP) is 4.90. The van der Waals surface area contributed by atoms with E-state index in [4.69, 9.17) is 0 Å². The third kappa shape index (κ3) is 4.67. The minimum Gasteiger partial charge on any atom is -0.307 e. The van der Waals surface area contributed by atoms with E-state index in [2.05, 4.69) is 26.0 Å². The molecule has 1 fully saturated rings. The van der Waals surface area contributed by atoms with E-state index in [1.165, 1.54) is 24.3 Å². The smallest absolute Gasteiger partial charge is 0.243 e. The Morgan fingerprint density at radius 3 is 2.52 bits per heavy atom. The number of anilines is 1. The number of carbonyl (C=O) groups is 2. The Balaban J connectivity index is 1.23. The molecule has 0 atom stereocenters. The van der Waals surface area contributed by atoms with Gasteiger partial charge in [-0.05, 0) is 30.5 Å². The van der Waals surface area contributed by atoms with Gasteiger partial charge in [0.05, 0.1) is 23.3 Å². The third-order valence-electron chi connectivity index (χ3n) is 6.55. The Morgan fingerprint density at radius 1 is 0.939 bits per heavy atom. The van der Waals surface area contributed by atoms with Crippen LogP contribution >= 0.6 is 0 Å². The van der Waals surface area contributed by atoms with Gasteiger partial charge < -0.3 is 4.57 Å². The summed E-state index contributed by atoms with van der Waals surface area (Å²) in [4.78, 5) is 30.1. The van der Waals surface area contributed by atoms with Crippen LogP contribution in [0.3, 0.4) is 0 Å². The lowest BCUT2D eigenvalue weighted by Crippen LogP contribution is -2.25. The maximum Gasteiger partial charge on any atom is 0.243 e. The van der Waals surface area contributed by atoms with Crippen LogP contribution in [-0.4, -0.2) is 38.6 Å². The highest BCUT2D eigenvalue weighted by Crippen LogP contribution is 2.34. The summed E-state index contributed by atoms with van der Waals surface area (Å²) in [5.74, 6) is 0.269. The van der Waals surface area contributed by atoms with E-state index in [1.807, 2.05) is 48.5 Å². The lowest BCUT2D eigenvalue weighted by Gasteiger charge is -2.25. The largest absolute Gasteiger partial charge is 0.307 e. The zero-order valence-electron chi connectivity index (χ0n) is 18.7. The number of carbonyl (C=O) groups excluding carboxylic acids is 2. The van der Waals surface area contributed by atoms with Crippen molar-refractivity contribution in [2.75, 3.05) is 11.9 Å². The molecule has 1 aliphatic carbocycles. The van der Waals surface area contributed by atoms with Crippen molar-refractivity contribution in [3.8, 4) is 0 Å². The van der Waals surface area contributed by atoms with Gasteiger partial charge in [-0.3, -0.25) is 14.9 Å². The maximum absolute atomic E-state index is 12.8. The monoisotopic (exact) mass is 443 g/mol. The van der Waals surface area contributed by atoms with Crippen LogP contribution in [0.25, 0.3) is 11.0 Å². The SMILES string of the molecule is O=C(CCC(=O)N1CCC(c2ccccc2)=N1)Nc1nc2ccccc2n1C1CCCCC1. The predicted molar refractivity (Wildman–Crippen MR) is 129 cm³/mol. The van der Waals surface area contributed by atoms with Gasteiger partial charge in [0.15, 0.2) is 0 Å². The number of aromatic nitrogens is 2. The highest BCUT2D eigenvalue weighted by atomic mass is 16.2. The number of fused-ring (bicyclic) bond motifs is 1. The zero-order chi connectivity index (χ0) is 22.6. The first kappa shape index (κ1) is 21.4. The highest BCUT2D eigenvalue weighted by molar-refractivity contribution is 6.02. The number of rotatable bonds is 6. The second-order valence-corrected chi connectivity index (χ2v) is 8.81. The van der Waals surface area contributed by atoms with Crippen LogP contribution in [0, 0.1) is 0 Å². The first-order valence-corrected chi connectivity index (χ1v) is 11.9. The molecule has 7 heteroatoms. The summed E-state index contributed by atoms with van der Waals surface area (Å²) in [6.45, 7) is 0.558. The van der Waals surface area contributed by atoms with Gasteiger partial charge in [0.1, 0.15) is 0 Å². The van der Waals surface area contributed by atoms with Gasteiger partial charge in [-0.2, -0.15) is 5.10 Å². The lowest BCUT2D eigenvalue weighted by molar-refractivity contribution is -0.132. The van der Waals surface area contributed by atoms with Crippen LogP contribution in [0.1, 0.15) is 63.0 Å². The Kier molecular flexibility index (Phi) is 6.19. The fourth-order valence-corrected chi connectivity index (χ4v) is 4.85. The molecule has 2 amide bonds. The zero-order valence-corrected chi connectivity index (χ0v) is 18.7. The minimum atomic E-state index is -0.192. The number of nitrogens with one attached hydrogen (secondary N) is 1. The van der Waals surface area contributed by atoms with Crippen molar-refractivity contribution in [3.05, 3.63) is 60.2 Å². The standard InChI is InChI=1S/C26H29N5O2/c32-24(15-16-25(33)30-18-17-21(29-30)19-9-3-1-4-10-19)28-26-27-22-13-7-8-14-23(22)31(26)20-11-5-2-6-12-20/h1,3-4,7-10,13-14,20H,2,5-6,11-12,15-18H2,(H,27,28,32). The molecule has 1 aliphatic heterocycles. The molecule has 170 valence electrons. The molecule has 33 heavy (non-hydrogen) atoms. The Bertz CT molecular complexity index is 1180. The summed E-state index contributed by atoms with van der Waals surface area (Å²) in [6, 6.07) is 18.2. The maximum atomic E-state index is 12.8. The molecule has 3 aromatic rings. The molecule has 0 unspecified atom stereocenters. The summed E-state index contributed by atoms with van der Waals surface area (Å²) in [5, 5.41) is 8.95. The average molecular weight is 444 g/mol. The molecule has 2 aromatic carbocycles. The summed E-state index contributed by atoms with van der Waals surface area (Å²) < 4.78 is 2.19. The van der Waals surface area contributed by atoms with Crippen molar-refractivity contribution >= 4 is 34.5 Å². The molecule has 1 saturated carbocycles. The van der Waals surface area contributed by atoms with E-state index in [9.17, 15) is 9.59 Å². The van der Waals surface area contributed by atoms with Gasteiger partial charge in [-0.15, -0.1) is 0 Å². The van der Waals surface area contributed by atoms with E-state index in [0.717, 1.165) is 41.6 Å². The Hall–Kier alpha value is -3.48. The number of para-hydroxylation sites is 2. The first-order valence-electron chi connectivity index (χ1n) is 11.9. The number of hydrazone groups is 1. The molecular formula is C26H29N5O2. The summed E-state index contributed by atoms with van der Waals surface area (Å²) in [5.41, 5.74) is 3.88. The van der Waals surface area contributed by atoms with Crippen molar-refractivity contribution in [1.29, 1.82) is 0 Å². The Labute approximate surface area is 193 Å². The van der Waals surface area contributed by atoms with E-state index in [0.29, 0.717) is 18.5 Å².